The number of aliphatic hydroxyl groups excluding tert-OH is 1. The van der Waals surface area contributed by atoms with E-state index in [2.05, 4.69) is 0 Å². The van der Waals surface area contributed by atoms with Crippen LogP contribution in [-0.4, -0.2) is 29.0 Å². The molecule has 0 spiro atoms. The van der Waals surface area contributed by atoms with Crippen LogP contribution in [0.15, 0.2) is 90.2 Å². The zero-order chi connectivity index (χ0) is 23.5. The quantitative estimate of drug-likeness (QED) is 0.532. The average molecular weight is 441 g/mol. The van der Waals surface area contributed by atoms with Gasteiger partial charge >= 0.3 is 0 Å². The highest BCUT2D eigenvalue weighted by Crippen LogP contribution is 2.43. The summed E-state index contributed by atoms with van der Waals surface area (Å²) in [5, 5.41) is 20.9. The number of hydrogen-bond donors (Lipinski definition) is 2. The van der Waals surface area contributed by atoms with Crippen molar-refractivity contribution >= 4 is 23.5 Å². The van der Waals surface area contributed by atoms with Gasteiger partial charge < -0.3 is 14.9 Å². The fraction of sp³-hybridized carbons (Fsp3) is 0.111. The third kappa shape index (κ3) is 4.11. The van der Waals surface area contributed by atoms with Gasteiger partial charge in [0.05, 0.1) is 18.7 Å². The lowest BCUT2D eigenvalue weighted by atomic mass is 9.94. The monoisotopic (exact) mass is 441 g/mol. The summed E-state index contributed by atoms with van der Waals surface area (Å²) in [5.74, 6) is -1.63. The van der Waals surface area contributed by atoms with Crippen molar-refractivity contribution in [2.45, 2.75) is 13.0 Å². The van der Waals surface area contributed by atoms with E-state index in [0.717, 1.165) is 11.1 Å². The number of phenols is 1. The Morgan fingerprint density at radius 1 is 1.00 bits per heavy atom. The summed E-state index contributed by atoms with van der Waals surface area (Å²) in [7, 11) is 1.42. The molecule has 4 rings (SSSR count). The van der Waals surface area contributed by atoms with Gasteiger partial charge in [-0.3, -0.25) is 14.5 Å². The van der Waals surface area contributed by atoms with Crippen LogP contribution in [0.3, 0.4) is 0 Å². The minimum atomic E-state index is -0.902. The molecule has 0 radical (unpaired) electrons. The lowest BCUT2D eigenvalue weighted by Crippen LogP contribution is -2.31. The topological polar surface area (TPSA) is 87.1 Å². The molecule has 6 nitrogen and oxygen atoms in total. The van der Waals surface area contributed by atoms with Crippen LogP contribution >= 0.6 is 0 Å². The number of phenolic OH excluding ortho intramolecular Hbond substituents is 1. The standard InChI is InChI=1S/C27H23NO5/c1-17-8-6-7-11-20(17)28-25(19-13-15-21(29)23(16-19)33-2)24(26(31)27(28)32)22(30)14-12-18-9-4-3-5-10-18/h3-16,25,29,31H,1-2H3. The Morgan fingerprint density at radius 3 is 2.39 bits per heavy atom. The number of ketones is 1. The molecule has 1 aliphatic rings. The molecule has 1 unspecified atom stereocenters. The third-order valence-electron chi connectivity index (χ3n) is 5.59. The van der Waals surface area contributed by atoms with Gasteiger partial charge in [0.1, 0.15) is 0 Å². The molecule has 33 heavy (non-hydrogen) atoms. The molecule has 0 bridgehead atoms. The van der Waals surface area contributed by atoms with Crippen molar-refractivity contribution in [3.8, 4) is 11.5 Å². The Labute approximate surface area is 191 Å². The Hall–Kier alpha value is -4.32. The molecule has 1 aliphatic heterocycles. The van der Waals surface area contributed by atoms with Crippen LogP contribution in [0.25, 0.3) is 6.08 Å². The van der Waals surface area contributed by atoms with Gasteiger partial charge in [0.2, 0.25) is 0 Å². The summed E-state index contributed by atoms with van der Waals surface area (Å²) < 4.78 is 5.23. The van der Waals surface area contributed by atoms with Gasteiger partial charge in [0.15, 0.2) is 23.0 Å². The molecule has 2 N–H and O–H groups in total. The van der Waals surface area contributed by atoms with Crippen LogP contribution in [0.4, 0.5) is 5.69 Å². The number of nitrogens with zero attached hydrogens (tertiary/aromatic N) is 1. The second-order valence-corrected chi connectivity index (χ2v) is 7.67. The van der Waals surface area contributed by atoms with E-state index in [0.29, 0.717) is 11.3 Å². The number of benzene rings is 3. The maximum absolute atomic E-state index is 13.3. The van der Waals surface area contributed by atoms with E-state index in [1.807, 2.05) is 49.4 Å². The number of rotatable bonds is 6. The van der Waals surface area contributed by atoms with Crippen LogP contribution in [0.2, 0.25) is 0 Å². The van der Waals surface area contributed by atoms with E-state index in [-0.39, 0.29) is 17.1 Å². The Balaban J connectivity index is 1.84. The van der Waals surface area contributed by atoms with Crippen LogP contribution in [0.5, 0.6) is 11.5 Å². The van der Waals surface area contributed by atoms with Gasteiger partial charge in [-0.1, -0.05) is 60.7 Å². The number of carbonyl (C=O) groups is 2. The number of methoxy groups -OCH3 is 1. The van der Waals surface area contributed by atoms with Gasteiger partial charge in [-0.15, -0.1) is 0 Å². The molecule has 1 atom stereocenters. The first-order valence-corrected chi connectivity index (χ1v) is 10.4. The Kier molecular flexibility index (Phi) is 6.00. The summed E-state index contributed by atoms with van der Waals surface area (Å²) in [6, 6.07) is 20.2. The van der Waals surface area contributed by atoms with Gasteiger partial charge in [0, 0.05) is 5.69 Å². The van der Waals surface area contributed by atoms with Crippen LogP contribution in [0.1, 0.15) is 22.7 Å². The van der Waals surface area contributed by atoms with Crippen molar-refractivity contribution < 1.29 is 24.5 Å². The van der Waals surface area contributed by atoms with Crippen LogP contribution in [-0.2, 0) is 9.59 Å². The van der Waals surface area contributed by atoms with Crippen molar-refractivity contribution in [1.29, 1.82) is 0 Å². The number of allylic oxidation sites excluding steroid dienone is 1. The first-order valence-electron chi connectivity index (χ1n) is 10.4. The fourth-order valence-electron chi connectivity index (χ4n) is 3.94. The molecule has 0 aliphatic carbocycles. The molecular weight excluding hydrogens is 418 g/mol. The highest BCUT2D eigenvalue weighted by molar-refractivity contribution is 6.20. The first-order chi connectivity index (χ1) is 15.9. The van der Waals surface area contributed by atoms with Gasteiger partial charge in [-0.2, -0.15) is 0 Å². The normalized spacial score (nSPS) is 16.0. The fourth-order valence-corrected chi connectivity index (χ4v) is 3.94. The van der Waals surface area contributed by atoms with Crippen molar-refractivity contribution in [3.05, 3.63) is 107 Å². The summed E-state index contributed by atoms with van der Waals surface area (Å²) in [4.78, 5) is 27.9. The number of amides is 1. The SMILES string of the molecule is COc1cc(C2C(C(=O)C=Cc3ccccc3)=C(O)C(=O)N2c2ccccc2C)ccc1O. The second-order valence-electron chi connectivity index (χ2n) is 7.67. The van der Waals surface area contributed by atoms with E-state index >= 15 is 0 Å². The zero-order valence-electron chi connectivity index (χ0n) is 18.2. The number of hydrogen-bond acceptors (Lipinski definition) is 5. The summed E-state index contributed by atoms with van der Waals surface area (Å²) in [6.07, 6.45) is 2.98. The lowest BCUT2D eigenvalue weighted by Gasteiger charge is -2.28. The number of ether oxygens (including phenoxy) is 1. The van der Waals surface area contributed by atoms with Gasteiger partial charge in [-0.25, -0.2) is 0 Å². The highest BCUT2D eigenvalue weighted by Gasteiger charge is 2.44. The molecule has 166 valence electrons. The van der Waals surface area contributed by atoms with Crippen molar-refractivity contribution in [3.63, 3.8) is 0 Å². The zero-order valence-corrected chi connectivity index (χ0v) is 18.2. The number of aliphatic hydroxyl groups is 1. The highest BCUT2D eigenvalue weighted by atomic mass is 16.5. The maximum Gasteiger partial charge on any atom is 0.294 e. The number of aromatic hydroxyl groups is 1. The first kappa shape index (κ1) is 21.9. The molecule has 3 aromatic rings. The molecule has 0 fully saturated rings. The van der Waals surface area contributed by atoms with E-state index in [1.165, 1.54) is 24.2 Å². The molecule has 6 heteroatoms. The second kappa shape index (κ2) is 9.04. The smallest absolute Gasteiger partial charge is 0.294 e. The van der Waals surface area contributed by atoms with Crippen LogP contribution < -0.4 is 9.64 Å². The van der Waals surface area contributed by atoms with E-state index in [9.17, 15) is 19.8 Å². The van der Waals surface area contributed by atoms with E-state index in [1.54, 1.807) is 30.3 Å². The van der Waals surface area contributed by atoms with Crippen LogP contribution in [0, 0.1) is 6.92 Å². The Morgan fingerprint density at radius 2 is 1.70 bits per heavy atom. The molecule has 0 saturated heterocycles. The number of carbonyl (C=O) groups excluding carboxylic acids is 2. The van der Waals surface area contributed by atoms with Gasteiger partial charge in [0.25, 0.3) is 5.91 Å². The molecule has 0 aromatic heterocycles. The minimum absolute atomic E-state index is 0.0387. The van der Waals surface area contributed by atoms with Crippen molar-refractivity contribution in [1.82, 2.24) is 0 Å². The summed E-state index contributed by atoms with van der Waals surface area (Å²) in [5.41, 5.74) is 2.67. The van der Waals surface area contributed by atoms with Crippen molar-refractivity contribution in [2.75, 3.05) is 12.0 Å². The predicted octanol–water partition coefficient (Wildman–Crippen LogP) is 4.89. The minimum Gasteiger partial charge on any atom is -0.504 e. The van der Waals surface area contributed by atoms with Gasteiger partial charge in [-0.05, 0) is 47.9 Å². The Bertz CT molecular complexity index is 1280. The number of aryl methyl sites for hydroxylation is 1. The van der Waals surface area contributed by atoms with E-state index < -0.39 is 23.5 Å². The maximum atomic E-state index is 13.3. The third-order valence-corrected chi connectivity index (χ3v) is 5.59. The summed E-state index contributed by atoms with van der Waals surface area (Å²) in [6.45, 7) is 1.85. The molecule has 0 saturated carbocycles. The summed E-state index contributed by atoms with van der Waals surface area (Å²) >= 11 is 0. The number of anilines is 1. The lowest BCUT2D eigenvalue weighted by molar-refractivity contribution is -0.117. The molecular formula is C27H23NO5. The molecule has 1 amide bonds. The largest absolute Gasteiger partial charge is 0.504 e. The molecule has 3 aromatic carbocycles. The van der Waals surface area contributed by atoms with Crippen molar-refractivity contribution in [2.24, 2.45) is 0 Å². The molecule has 1 heterocycles. The van der Waals surface area contributed by atoms with E-state index in [4.69, 9.17) is 4.74 Å². The predicted molar refractivity (Wildman–Crippen MR) is 126 cm³/mol. The number of para-hydroxylation sites is 1. The average Bonchev–Trinajstić information content (AvgIpc) is 3.09.